The summed E-state index contributed by atoms with van der Waals surface area (Å²) in [5, 5.41) is 32.8. The molecule has 0 aliphatic rings. The van der Waals surface area contributed by atoms with Gasteiger partial charge in [-0.2, -0.15) is 0 Å². The van der Waals surface area contributed by atoms with E-state index in [0.29, 0.717) is 5.56 Å². The predicted octanol–water partition coefficient (Wildman–Crippen LogP) is 0.152. The van der Waals surface area contributed by atoms with Gasteiger partial charge in [-0.1, -0.05) is 23.9 Å². The van der Waals surface area contributed by atoms with Crippen LogP contribution in [-0.2, 0) is 21.2 Å². The number of carboxylic acids is 1. The molecule has 2 rings (SSSR count). The lowest BCUT2D eigenvalue weighted by molar-refractivity contribution is -0.385. The first-order chi connectivity index (χ1) is 11.7. The Morgan fingerprint density at radius 1 is 1.12 bits per heavy atom. The summed E-state index contributed by atoms with van der Waals surface area (Å²) in [6.07, 6.45) is -0.0107. The molecule has 0 aliphatic heterocycles. The highest BCUT2D eigenvalue weighted by atomic mass is 32.2. The van der Waals surface area contributed by atoms with E-state index in [-0.39, 0.29) is 17.7 Å². The fraction of sp³-hybridized carbons (Fsp3) is 0.133. The zero-order valence-electron chi connectivity index (χ0n) is 12.7. The van der Waals surface area contributed by atoms with Gasteiger partial charge in [0, 0.05) is 23.8 Å². The highest BCUT2D eigenvalue weighted by molar-refractivity contribution is 7.92. The normalized spacial score (nSPS) is 11.0. The third-order valence-electron chi connectivity index (χ3n) is 3.27. The number of rotatable bonds is 7. The van der Waals surface area contributed by atoms with Crippen molar-refractivity contribution in [2.45, 2.75) is 17.7 Å². The Morgan fingerprint density at radius 3 is 2.32 bits per heavy atom. The molecule has 0 aliphatic carbocycles. The molecule has 2 aromatic rings. The zero-order chi connectivity index (χ0) is 18.6. The van der Waals surface area contributed by atoms with Crippen molar-refractivity contribution in [2.24, 2.45) is 0 Å². The second-order valence-corrected chi connectivity index (χ2v) is 6.74. The van der Waals surface area contributed by atoms with Crippen LogP contribution in [0.4, 0.5) is 11.4 Å². The van der Waals surface area contributed by atoms with Gasteiger partial charge in [-0.05, 0) is 30.5 Å². The summed E-state index contributed by atoms with van der Waals surface area (Å²) in [7, 11) is -4.13. The number of benzene rings is 2. The van der Waals surface area contributed by atoms with Crippen LogP contribution >= 0.6 is 0 Å². The lowest BCUT2D eigenvalue weighted by Crippen LogP contribution is -2.22. The van der Waals surface area contributed by atoms with E-state index < -0.39 is 38.0 Å². The van der Waals surface area contributed by atoms with E-state index in [1.165, 1.54) is 24.3 Å². The zero-order valence-corrected chi connectivity index (χ0v) is 13.5. The van der Waals surface area contributed by atoms with E-state index in [1.54, 1.807) is 0 Å². The molecule has 0 unspecified atom stereocenters. The molecule has 0 radical (unpaired) electrons. The van der Waals surface area contributed by atoms with Crippen molar-refractivity contribution in [2.75, 3.05) is 4.72 Å². The number of nitrogens with one attached hydrogen (secondary N) is 1. The summed E-state index contributed by atoms with van der Waals surface area (Å²) in [6, 6.07) is 8.08. The monoisotopic (exact) mass is 364 g/mol. The minimum atomic E-state index is -4.13. The maximum atomic E-state index is 12.3. The fourth-order valence-electron chi connectivity index (χ4n) is 2.00. The van der Waals surface area contributed by atoms with Crippen LogP contribution in [0, 0.1) is 10.1 Å². The maximum Gasteiger partial charge on any atom is 0.271 e. The van der Waals surface area contributed by atoms with Gasteiger partial charge in [0.15, 0.2) is 0 Å². The number of sulfonamides is 1. The number of anilines is 1. The molecule has 0 spiro atoms. The topological polar surface area (TPSA) is 152 Å². The molecule has 0 amide bonds. The van der Waals surface area contributed by atoms with Crippen LogP contribution in [0.15, 0.2) is 47.4 Å². The number of carboxylic acid groups (broad SMARTS) is 1. The molecule has 0 bridgehead atoms. The number of aliphatic carboxylic acids is 1. The maximum absolute atomic E-state index is 12.3. The van der Waals surface area contributed by atoms with E-state index >= 15 is 0 Å². The van der Waals surface area contributed by atoms with Crippen LogP contribution in [0.1, 0.15) is 12.0 Å². The lowest BCUT2D eigenvalue weighted by Gasteiger charge is -2.15. The van der Waals surface area contributed by atoms with Gasteiger partial charge in [0.25, 0.3) is 15.7 Å². The number of nitro groups is 1. The Balaban J connectivity index is 2.23. The summed E-state index contributed by atoms with van der Waals surface area (Å²) in [5.41, 5.74) is -0.256. The Hall–Kier alpha value is -3.14. The smallest absolute Gasteiger partial charge is 0.271 e. The third kappa shape index (κ3) is 4.67. The van der Waals surface area contributed by atoms with Crippen LogP contribution in [0.25, 0.3) is 0 Å². The van der Waals surface area contributed by atoms with Crippen molar-refractivity contribution in [3.63, 3.8) is 0 Å². The van der Waals surface area contributed by atoms with Crippen molar-refractivity contribution < 1.29 is 28.3 Å². The largest absolute Gasteiger partial charge is 0.871 e. The van der Waals surface area contributed by atoms with E-state index in [2.05, 4.69) is 0 Å². The van der Waals surface area contributed by atoms with Crippen LogP contribution in [-0.4, -0.2) is 19.3 Å². The Kier molecular flexibility index (Phi) is 5.22. The quantitative estimate of drug-likeness (QED) is 0.542. The Bertz CT molecular complexity index is 908. The molecule has 132 valence electrons. The number of carbonyl (C=O) groups is 1. The predicted molar refractivity (Wildman–Crippen MR) is 83.1 cm³/mol. The van der Waals surface area contributed by atoms with Crippen molar-refractivity contribution in [3.05, 3.63) is 58.1 Å². The molecular formula is C15H12N2O7S-2. The first kappa shape index (κ1) is 18.2. The summed E-state index contributed by atoms with van der Waals surface area (Å²) in [6.45, 7) is 0. The summed E-state index contributed by atoms with van der Waals surface area (Å²) < 4.78 is 26.6. The first-order valence-corrected chi connectivity index (χ1v) is 8.44. The minimum absolute atomic E-state index is 0.171. The molecule has 1 N–H and O–H groups in total. The fourth-order valence-corrected chi connectivity index (χ4v) is 3.06. The molecule has 0 heterocycles. The molecule has 0 saturated carbocycles. The van der Waals surface area contributed by atoms with Gasteiger partial charge in [0.05, 0.1) is 9.82 Å². The van der Waals surface area contributed by atoms with Gasteiger partial charge in [-0.15, -0.1) is 0 Å². The Morgan fingerprint density at radius 2 is 1.76 bits per heavy atom. The summed E-state index contributed by atoms with van der Waals surface area (Å²) in [5.74, 6) is -1.92. The highest BCUT2D eigenvalue weighted by Crippen LogP contribution is 2.28. The lowest BCUT2D eigenvalue weighted by atomic mass is 10.1. The van der Waals surface area contributed by atoms with Crippen LogP contribution < -0.4 is 14.9 Å². The molecule has 9 nitrogen and oxygen atoms in total. The molecule has 0 atom stereocenters. The molecule has 0 saturated heterocycles. The summed E-state index contributed by atoms with van der Waals surface area (Å²) >= 11 is 0. The summed E-state index contributed by atoms with van der Waals surface area (Å²) in [4.78, 5) is 20.2. The van der Waals surface area contributed by atoms with Gasteiger partial charge < -0.3 is 15.0 Å². The van der Waals surface area contributed by atoms with Crippen molar-refractivity contribution in [1.82, 2.24) is 0 Å². The van der Waals surface area contributed by atoms with E-state index in [9.17, 15) is 33.5 Å². The van der Waals surface area contributed by atoms with E-state index in [1.807, 2.05) is 4.72 Å². The van der Waals surface area contributed by atoms with Gasteiger partial charge in [0.1, 0.15) is 0 Å². The number of hydrogen-bond acceptors (Lipinski definition) is 7. The number of nitro benzene ring substituents is 1. The molecule has 2 aromatic carbocycles. The standard InChI is InChI=1S/C15H14N2O7S/c18-14-7-4-11(17(21)22)9-13(14)16-25(23,24)12-5-1-10(2-6-12)3-8-15(19)20/h1-2,4-7,9,16,18H,3,8H2,(H,19,20)/p-2. The van der Waals surface area contributed by atoms with Crippen LogP contribution in [0.5, 0.6) is 5.75 Å². The minimum Gasteiger partial charge on any atom is -0.871 e. The number of aryl methyl sites for hydroxylation is 1. The number of carbonyl (C=O) groups excluding carboxylic acids is 1. The van der Waals surface area contributed by atoms with Crippen molar-refractivity contribution in [3.8, 4) is 5.75 Å². The van der Waals surface area contributed by atoms with Gasteiger partial charge in [0.2, 0.25) is 0 Å². The van der Waals surface area contributed by atoms with Crippen molar-refractivity contribution >= 4 is 27.4 Å². The first-order valence-electron chi connectivity index (χ1n) is 6.96. The average Bonchev–Trinajstić information content (AvgIpc) is 2.55. The van der Waals surface area contributed by atoms with Crippen LogP contribution in [0.2, 0.25) is 0 Å². The average molecular weight is 364 g/mol. The molecule has 25 heavy (non-hydrogen) atoms. The second kappa shape index (κ2) is 7.18. The number of hydrogen-bond donors (Lipinski definition) is 1. The highest BCUT2D eigenvalue weighted by Gasteiger charge is 2.16. The van der Waals surface area contributed by atoms with E-state index in [4.69, 9.17) is 0 Å². The van der Waals surface area contributed by atoms with Crippen molar-refractivity contribution in [1.29, 1.82) is 0 Å². The molecule has 0 fully saturated rings. The molecule has 0 aromatic heterocycles. The second-order valence-electron chi connectivity index (χ2n) is 5.06. The molecular weight excluding hydrogens is 352 g/mol. The van der Waals surface area contributed by atoms with Gasteiger partial charge in [-0.3, -0.25) is 14.8 Å². The van der Waals surface area contributed by atoms with Gasteiger partial charge in [-0.25, -0.2) is 8.42 Å². The van der Waals surface area contributed by atoms with Crippen LogP contribution in [0.3, 0.4) is 0 Å². The van der Waals surface area contributed by atoms with E-state index in [0.717, 1.165) is 18.2 Å². The number of non-ortho nitro benzene ring substituents is 1. The SMILES string of the molecule is O=C([O-])CCc1ccc(S(=O)(=O)Nc2cc([N+](=O)[O-])ccc2[O-])cc1. The number of nitrogens with zero attached hydrogens (tertiary/aromatic N) is 1. The molecule has 10 heteroatoms. The third-order valence-corrected chi connectivity index (χ3v) is 4.65. The Labute approximate surface area is 142 Å². The van der Waals surface area contributed by atoms with Gasteiger partial charge >= 0.3 is 0 Å².